The molecule has 0 spiro atoms. The van der Waals surface area contributed by atoms with Gasteiger partial charge in [-0.3, -0.25) is 19.3 Å². The van der Waals surface area contributed by atoms with Gasteiger partial charge in [-0.25, -0.2) is 32.1 Å². The van der Waals surface area contributed by atoms with Crippen LogP contribution in [0.3, 0.4) is 0 Å². The van der Waals surface area contributed by atoms with Crippen molar-refractivity contribution in [2.75, 3.05) is 13.6 Å². The third-order valence-corrected chi connectivity index (χ3v) is 12.8. The van der Waals surface area contributed by atoms with Gasteiger partial charge in [0.05, 0.1) is 23.1 Å². The summed E-state index contributed by atoms with van der Waals surface area (Å²) in [7, 11) is -2.78. The quantitative estimate of drug-likeness (QED) is 0.315. The van der Waals surface area contributed by atoms with E-state index in [1.165, 1.54) is 45.2 Å². The number of benzene rings is 2. The standard InChI is InChI=1S/C40H49Cl2FN6O8S/c1-40(2,3)47(4)38(53)45-32-17-9-7-5-6-8-12-25(20-34(50)46-58(55,56)35-29(41)14-11-15-30(35)42)18-19-44-36(51)33-21-27(23-49(33)37(32)52)57-39(54)48-22-26-13-10-16-31(43)28(26)24-48/h8,10-16,19,25,27,32-33H,5-7,9,17-18,20-24H2,1-4H3,(H,45,53)(H,46,50)/b12-8-,44-19?/t25-,27-,32+,33+/m1/s1. The summed E-state index contributed by atoms with van der Waals surface area (Å²) in [6.07, 6.45) is 5.82. The number of allylic oxidation sites excluding steroid dienone is 2. The van der Waals surface area contributed by atoms with Crippen LogP contribution in [0.15, 0.2) is 58.4 Å². The fourth-order valence-electron chi connectivity index (χ4n) is 6.99. The molecule has 58 heavy (non-hydrogen) atoms. The highest BCUT2D eigenvalue weighted by molar-refractivity contribution is 7.90. The molecule has 3 aliphatic rings. The van der Waals surface area contributed by atoms with Crippen molar-refractivity contribution >= 4 is 69.3 Å². The zero-order chi connectivity index (χ0) is 42.4. The fourth-order valence-corrected chi connectivity index (χ4v) is 9.13. The van der Waals surface area contributed by atoms with Crippen molar-refractivity contribution < 1.29 is 41.5 Å². The molecule has 2 aromatic rings. The Morgan fingerprint density at radius 3 is 2.43 bits per heavy atom. The molecule has 3 heterocycles. The molecule has 0 aliphatic carbocycles. The number of halogens is 3. The van der Waals surface area contributed by atoms with Crippen molar-refractivity contribution in [3.8, 4) is 0 Å². The molecule has 314 valence electrons. The van der Waals surface area contributed by atoms with E-state index in [1.807, 2.05) is 31.6 Å². The highest BCUT2D eigenvalue weighted by Crippen LogP contribution is 2.31. The van der Waals surface area contributed by atoms with E-state index < -0.39 is 80.2 Å². The Bertz CT molecular complexity index is 2060. The first-order valence-electron chi connectivity index (χ1n) is 19.1. The summed E-state index contributed by atoms with van der Waals surface area (Å²) in [5.74, 6) is -3.06. The summed E-state index contributed by atoms with van der Waals surface area (Å²) >= 11 is 12.2. The number of urea groups is 1. The van der Waals surface area contributed by atoms with Gasteiger partial charge in [0.15, 0.2) is 0 Å². The van der Waals surface area contributed by atoms with E-state index in [2.05, 4.69) is 10.3 Å². The number of nitrogens with one attached hydrogen (secondary N) is 2. The zero-order valence-corrected chi connectivity index (χ0v) is 35.2. The molecule has 4 atom stereocenters. The van der Waals surface area contributed by atoms with Crippen LogP contribution >= 0.6 is 23.2 Å². The van der Waals surface area contributed by atoms with E-state index in [0.717, 1.165) is 0 Å². The SMILES string of the molecule is CN(C(=O)N[C@H]1CCCCC/C=C\[C@@H](CC(=O)NS(=O)(=O)c2c(Cl)cccc2Cl)CC=NC(=O)[C@@H]2C[C@@H](OC(=O)N3Cc4cccc(F)c4C3)CN2C1=O)C(C)(C)C. The van der Waals surface area contributed by atoms with Gasteiger partial charge in [-0.1, -0.05) is 66.4 Å². The Hall–Kier alpha value is -4.54. The van der Waals surface area contributed by atoms with Gasteiger partial charge in [-0.2, -0.15) is 0 Å². The Morgan fingerprint density at radius 2 is 1.74 bits per heavy atom. The lowest BCUT2D eigenvalue weighted by atomic mass is 9.99. The first-order chi connectivity index (χ1) is 27.4. The topological polar surface area (TPSA) is 175 Å². The van der Waals surface area contributed by atoms with Crippen LogP contribution in [-0.4, -0.2) is 96.5 Å². The summed E-state index contributed by atoms with van der Waals surface area (Å²) in [4.78, 5) is 75.8. The van der Waals surface area contributed by atoms with Crippen LogP contribution in [-0.2, 0) is 42.2 Å². The number of nitrogens with zero attached hydrogens (tertiary/aromatic N) is 4. The van der Waals surface area contributed by atoms with Crippen LogP contribution in [0, 0.1) is 11.7 Å². The minimum Gasteiger partial charge on any atom is -0.444 e. The van der Waals surface area contributed by atoms with E-state index in [-0.39, 0.29) is 55.4 Å². The second-order valence-corrected chi connectivity index (χ2v) is 18.1. The molecule has 3 aliphatic heterocycles. The van der Waals surface area contributed by atoms with Gasteiger partial charge in [0.1, 0.15) is 28.9 Å². The van der Waals surface area contributed by atoms with Crippen LogP contribution < -0.4 is 10.0 Å². The predicted molar refractivity (Wildman–Crippen MR) is 216 cm³/mol. The van der Waals surface area contributed by atoms with Crippen molar-refractivity contribution in [1.82, 2.24) is 24.7 Å². The van der Waals surface area contributed by atoms with E-state index >= 15 is 0 Å². The average Bonchev–Trinajstić information content (AvgIpc) is 3.78. The molecule has 6 amide bonds. The highest BCUT2D eigenvalue weighted by atomic mass is 35.5. The average molecular weight is 864 g/mol. The van der Waals surface area contributed by atoms with Crippen LogP contribution in [0.5, 0.6) is 0 Å². The highest BCUT2D eigenvalue weighted by Gasteiger charge is 2.44. The maximum Gasteiger partial charge on any atom is 0.410 e. The second-order valence-electron chi connectivity index (χ2n) is 15.7. The van der Waals surface area contributed by atoms with E-state index in [1.54, 1.807) is 25.3 Å². The van der Waals surface area contributed by atoms with E-state index in [0.29, 0.717) is 36.8 Å². The minimum absolute atomic E-state index is 0.00553. The monoisotopic (exact) mass is 862 g/mol. The lowest BCUT2D eigenvalue weighted by Gasteiger charge is -2.34. The maximum absolute atomic E-state index is 14.4. The zero-order valence-electron chi connectivity index (χ0n) is 32.9. The Morgan fingerprint density at radius 1 is 1.03 bits per heavy atom. The van der Waals surface area contributed by atoms with Crippen LogP contribution in [0.2, 0.25) is 10.0 Å². The van der Waals surface area contributed by atoms with Gasteiger partial charge in [0.25, 0.3) is 15.9 Å². The van der Waals surface area contributed by atoms with Gasteiger partial charge in [0, 0.05) is 43.8 Å². The summed E-state index contributed by atoms with van der Waals surface area (Å²) in [5, 5.41) is 2.56. The molecule has 14 nitrogen and oxygen atoms in total. The van der Waals surface area contributed by atoms with Crippen molar-refractivity contribution in [1.29, 1.82) is 0 Å². The number of hydrogen-bond acceptors (Lipinski definition) is 8. The van der Waals surface area contributed by atoms with Crippen molar-refractivity contribution in [3.63, 3.8) is 0 Å². The molecule has 1 fully saturated rings. The number of ether oxygens (including phenoxy) is 1. The van der Waals surface area contributed by atoms with Crippen LogP contribution in [0.1, 0.15) is 83.3 Å². The first-order valence-corrected chi connectivity index (χ1v) is 21.4. The number of carbonyl (C=O) groups is 5. The lowest BCUT2D eigenvalue weighted by molar-refractivity contribution is -0.139. The van der Waals surface area contributed by atoms with Gasteiger partial charge >= 0.3 is 12.1 Å². The van der Waals surface area contributed by atoms with Gasteiger partial charge in [-0.05, 0) is 76.1 Å². The second kappa shape index (κ2) is 19.0. The summed E-state index contributed by atoms with van der Waals surface area (Å²) in [6.45, 7) is 5.56. The molecular weight excluding hydrogens is 814 g/mol. The number of hydrogen-bond donors (Lipinski definition) is 2. The molecule has 0 saturated carbocycles. The van der Waals surface area contributed by atoms with Gasteiger partial charge < -0.3 is 19.9 Å². The number of aliphatic imine (C=N–C) groups is 1. The van der Waals surface area contributed by atoms with Crippen molar-refractivity contribution in [2.45, 2.75) is 114 Å². The molecule has 0 radical (unpaired) electrons. The molecule has 0 aromatic heterocycles. The molecule has 0 bridgehead atoms. The molecule has 1 saturated heterocycles. The molecule has 2 aromatic carbocycles. The normalized spacial score (nSPS) is 22.5. The summed E-state index contributed by atoms with van der Waals surface area (Å²) in [5.41, 5.74) is 0.499. The Labute approximate surface area is 348 Å². The Kier molecular flexibility index (Phi) is 14.6. The lowest BCUT2D eigenvalue weighted by Crippen LogP contribution is -2.56. The molecular formula is C40H49Cl2FN6O8S. The summed E-state index contributed by atoms with van der Waals surface area (Å²) < 4.78 is 48.4. The first kappa shape index (κ1) is 44.6. The number of fused-ring (bicyclic) bond motifs is 2. The van der Waals surface area contributed by atoms with Crippen LogP contribution in [0.25, 0.3) is 0 Å². The molecule has 18 heteroatoms. The number of carbonyl (C=O) groups excluding carboxylic acids is 5. The molecule has 0 unspecified atom stereocenters. The third kappa shape index (κ3) is 11.1. The van der Waals surface area contributed by atoms with Crippen molar-refractivity contribution in [3.05, 3.63) is 75.5 Å². The smallest absolute Gasteiger partial charge is 0.410 e. The maximum atomic E-state index is 14.4. The molecule has 2 N–H and O–H groups in total. The largest absolute Gasteiger partial charge is 0.444 e. The molecule has 5 rings (SSSR count). The predicted octanol–water partition coefficient (Wildman–Crippen LogP) is 6.38. The third-order valence-electron chi connectivity index (χ3n) is 10.5. The Balaban J connectivity index is 1.35. The number of sulfonamides is 1. The summed E-state index contributed by atoms with van der Waals surface area (Å²) in [6, 6.07) is 6.14. The van der Waals surface area contributed by atoms with E-state index in [9.17, 15) is 36.8 Å². The van der Waals surface area contributed by atoms with Gasteiger partial charge in [0.2, 0.25) is 11.8 Å². The number of rotatable bonds is 6. The fraction of sp³-hybridized carbons (Fsp3) is 0.500. The van der Waals surface area contributed by atoms with Crippen molar-refractivity contribution in [2.24, 2.45) is 10.9 Å². The van der Waals surface area contributed by atoms with E-state index in [4.69, 9.17) is 27.9 Å². The number of amides is 6. The van der Waals surface area contributed by atoms with Crippen LogP contribution in [0.4, 0.5) is 14.0 Å². The minimum atomic E-state index is -4.41. The van der Waals surface area contributed by atoms with Gasteiger partial charge in [-0.15, -0.1) is 0 Å².